The maximum Gasteiger partial charge on any atom is 0.110 e. The van der Waals surface area contributed by atoms with Gasteiger partial charge >= 0.3 is 0 Å². The van der Waals surface area contributed by atoms with Crippen molar-refractivity contribution in [1.82, 2.24) is 8.61 Å². The Balaban J connectivity index is 2.03. The van der Waals surface area contributed by atoms with Gasteiger partial charge in [-0.25, -0.2) is 0 Å². The van der Waals surface area contributed by atoms with Crippen molar-refractivity contribution in [3.63, 3.8) is 0 Å². The van der Waals surface area contributed by atoms with Gasteiger partial charge in [-0.05, 0) is 36.7 Å². The van der Waals surface area contributed by atoms with E-state index in [0.29, 0.717) is 0 Å². The van der Waals surface area contributed by atoms with Crippen LogP contribution in [-0.2, 0) is 0 Å². The van der Waals surface area contributed by atoms with E-state index in [4.69, 9.17) is 0 Å². The minimum Gasteiger partial charge on any atom is -0.302 e. The largest absolute Gasteiger partial charge is 0.302 e. The average molecular weight is 246 g/mol. The van der Waals surface area contributed by atoms with Crippen LogP contribution in [0.2, 0.25) is 0 Å². The average Bonchev–Trinajstić information content (AvgIpc) is 2.67. The molecule has 0 aromatic rings. The maximum absolute atomic E-state index is 2.33. The molecule has 15 heavy (non-hydrogen) atoms. The Morgan fingerprint density at radius 1 is 0.933 bits per heavy atom. The molecule has 0 fully saturated rings. The van der Waals surface area contributed by atoms with Gasteiger partial charge in [0, 0.05) is 23.9 Å². The van der Waals surface area contributed by atoms with Gasteiger partial charge < -0.3 is 8.61 Å². The van der Waals surface area contributed by atoms with Gasteiger partial charge in [0.1, 0.15) is 6.67 Å². The van der Waals surface area contributed by atoms with Gasteiger partial charge in [0.05, 0.1) is 0 Å². The predicted molar refractivity (Wildman–Crippen MR) is 72.4 cm³/mol. The van der Waals surface area contributed by atoms with Gasteiger partial charge in [0.2, 0.25) is 0 Å². The van der Waals surface area contributed by atoms with Crippen molar-refractivity contribution in [3.05, 3.63) is 12.4 Å². The van der Waals surface area contributed by atoms with E-state index in [9.17, 15) is 0 Å². The first-order valence-corrected chi connectivity index (χ1v) is 7.72. The highest BCUT2D eigenvalue weighted by atomic mass is 32.2. The smallest absolute Gasteiger partial charge is 0.110 e. The minimum absolute atomic E-state index is 1.04. The topological polar surface area (TPSA) is 6.48 Å². The van der Waals surface area contributed by atoms with Gasteiger partial charge in [0.15, 0.2) is 0 Å². The predicted octanol–water partition coefficient (Wildman–Crippen LogP) is 3.93. The Kier molecular flexibility index (Phi) is 7.18. The van der Waals surface area contributed by atoms with Crippen molar-refractivity contribution in [3.8, 4) is 0 Å². The third-order valence-corrected chi connectivity index (χ3v) is 4.27. The standard InChI is InChI=1S/C11H22N2S2/c1-3-5-9-14-12-7-8-13(11-12)15-10-6-4-2/h7-8H,3-6,9-11H2,1-2H3. The van der Waals surface area contributed by atoms with E-state index in [-0.39, 0.29) is 0 Å². The van der Waals surface area contributed by atoms with Gasteiger partial charge in [-0.2, -0.15) is 0 Å². The van der Waals surface area contributed by atoms with Gasteiger partial charge in [-0.15, -0.1) is 0 Å². The SMILES string of the molecule is CCCCSN1C=CN(SCCCC)C1. The zero-order chi connectivity index (χ0) is 10.9. The summed E-state index contributed by atoms with van der Waals surface area (Å²) >= 11 is 3.89. The van der Waals surface area contributed by atoms with Crippen molar-refractivity contribution in [2.45, 2.75) is 39.5 Å². The van der Waals surface area contributed by atoms with E-state index < -0.39 is 0 Å². The monoisotopic (exact) mass is 246 g/mol. The molecule has 0 unspecified atom stereocenters. The van der Waals surface area contributed by atoms with Crippen LogP contribution in [0.15, 0.2) is 12.4 Å². The molecule has 0 aliphatic carbocycles. The van der Waals surface area contributed by atoms with E-state index >= 15 is 0 Å². The molecule has 0 N–H and O–H groups in total. The van der Waals surface area contributed by atoms with E-state index in [1.54, 1.807) is 0 Å². The van der Waals surface area contributed by atoms with Crippen LogP contribution in [0.25, 0.3) is 0 Å². The van der Waals surface area contributed by atoms with Crippen molar-refractivity contribution in [2.24, 2.45) is 0 Å². The second kappa shape index (κ2) is 8.22. The summed E-state index contributed by atoms with van der Waals surface area (Å²) in [6.07, 6.45) is 9.60. The maximum atomic E-state index is 2.33. The molecule has 0 amide bonds. The molecule has 0 bridgehead atoms. The molecule has 0 saturated heterocycles. The molecule has 0 aromatic heterocycles. The molecule has 0 atom stereocenters. The van der Waals surface area contributed by atoms with E-state index in [2.05, 4.69) is 34.9 Å². The molecule has 0 aromatic carbocycles. The van der Waals surface area contributed by atoms with Crippen LogP contribution in [0, 0.1) is 0 Å². The van der Waals surface area contributed by atoms with Crippen LogP contribution in [0.4, 0.5) is 0 Å². The lowest BCUT2D eigenvalue weighted by molar-refractivity contribution is 0.519. The molecule has 0 spiro atoms. The highest BCUT2D eigenvalue weighted by molar-refractivity contribution is 7.97. The summed E-state index contributed by atoms with van der Waals surface area (Å²) in [5, 5.41) is 0. The number of hydrogen-bond acceptors (Lipinski definition) is 4. The molecule has 88 valence electrons. The van der Waals surface area contributed by atoms with Gasteiger partial charge in [-0.3, -0.25) is 0 Å². The highest BCUT2D eigenvalue weighted by Gasteiger charge is 2.12. The fraction of sp³-hybridized carbons (Fsp3) is 0.818. The summed E-state index contributed by atoms with van der Waals surface area (Å²) in [7, 11) is 0. The van der Waals surface area contributed by atoms with Crippen LogP contribution < -0.4 is 0 Å². The molecular formula is C11H22N2S2. The molecule has 1 heterocycles. The summed E-state index contributed by atoms with van der Waals surface area (Å²) in [6.45, 7) is 5.53. The Morgan fingerprint density at radius 3 is 1.80 bits per heavy atom. The van der Waals surface area contributed by atoms with Crippen LogP contribution in [0.3, 0.4) is 0 Å². The first kappa shape index (κ1) is 13.1. The summed E-state index contributed by atoms with van der Waals surface area (Å²) < 4.78 is 4.66. The Morgan fingerprint density at radius 2 is 1.40 bits per heavy atom. The zero-order valence-corrected chi connectivity index (χ0v) is 11.4. The van der Waals surface area contributed by atoms with Gasteiger partial charge in [-0.1, -0.05) is 26.7 Å². The van der Waals surface area contributed by atoms with Crippen molar-refractivity contribution < 1.29 is 0 Å². The van der Waals surface area contributed by atoms with Gasteiger partial charge in [0.25, 0.3) is 0 Å². The van der Waals surface area contributed by atoms with Crippen LogP contribution >= 0.6 is 23.9 Å². The summed E-state index contributed by atoms with van der Waals surface area (Å²) in [4.78, 5) is 0. The highest BCUT2D eigenvalue weighted by Crippen LogP contribution is 2.24. The molecule has 0 radical (unpaired) electrons. The normalized spacial score (nSPS) is 15.3. The van der Waals surface area contributed by atoms with Crippen molar-refractivity contribution in [2.75, 3.05) is 18.2 Å². The van der Waals surface area contributed by atoms with Crippen LogP contribution in [0.5, 0.6) is 0 Å². The fourth-order valence-electron chi connectivity index (χ4n) is 1.20. The molecule has 0 saturated carbocycles. The van der Waals surface area contributed by atoms with Crippen LogP contribution in [-0.4, -0.2) is 26.8 Å². The van der Waals surface area contributed by atoms with E-state index in [1.807, 2.05) is 23.9 Å². The molecule has 4 heteroatoms. The second-order valence-electron chi connectivity index (χ2n) is 3.65. The number of nitrogens with zero attached hydrogens (tertiary/aromatic N) is 2. The molecule has 1 aliphatic rings. The lowest BCUT2D eigenvalue weighted by Gasteiger charge is -2.18. The number of hydrogen-bond donors (Lipinski definition) is 0. The third-order valence-electron chi connectivity index (χ3n) is 2.19. The van der Waals surface area contributed by atoms with Crippen molar-refractivity contribution >= 4 is 23.9 Å². The number of rotatable bonds is 8. The second-order valence-corrected chi connectivity index (χ2v) is 5.92. The molecular weight excluding hydrogens is 224 g/mol. The minimum atomic E-state index is 1.04. The fourth-order valence-corrected chi connectivity index (χ4v) is 3.27. The molecule has 2 nitrogen and oxygen atoms in total. The summed E-state index contributed by atoms with van der Waals surface area (Å²) in [6, 6.07) is 0. The quantitative estimate of drug-likeness (QED) is 0.473. The summed E-state index contributed by atoms with van der Waals surface area (Å²) in [5.41, 5.74) is 0. The molecule has 1 rings (SSSR count). The Labute approximate surface area is 103 Å². The third kappa shape index (κ3) is 5.61. The Hall–Kier alpha value is 0.0400. The lowest BCUT2D eigenvalue weighted by Crippen LogP contribution is -2.15. The zero-order valence-electron chi connectivity index (χ0n) is 9.82. The molecule has 1 aliphatic heterocycles. The van der Waals surface area contributed by atoms with Crippen LogP contribution in [0.1, 0.15) is 39.5 Å². The Bertz CT molecular complexity index is 167. The van der Waals surface area contributed by atoms with E-state index in [0.717, 1.165) is 6.67 Å². The first-order valence-electron chi connectivity index (χ1n) is 5.84. The first-order chi connectivity index (χ1) is 7.36. The summed E-state index contributed by atoms with van der Waals surface area (Å²) in [5.74, 6) is 2.49. The van der Waals surface area contributed by atoms with Crippen molar-refractivity contribution in [1.29, 1.82) is 0 Å². The van der Waals surface area contributed by atoms with E-state index in [1.165, 1.54) is 37.2 Å². The number of unbranched alkanes of at least 4 members (excludes halogenated alkanes) is 2. The lowest BCUT2D eigenvalue weighted by atomic mass is 10.4.